The number of hydrogen-bond acceptors (Lipinski definition) is 4. The molecule has 1 aliphatic heterocycles. The smallest absolute Gasteiger partial charge is 0.315 e. The number of nitrogens with one attached hydrogen (secondary N) is 1. The van der Waals surface area contributed by atoms with E-state index >= 15 is 0 Å². The van der Waals surface area contributed by atoms with E-state index in [2.05, 4.69) is 17.0 Å². The lowest BCUT2D eigenvalue weighted by molar-refractivity contribution is -0.144. The van der Waals surface area contributed by atoms with Gasteiger partial charge in [0.05, 0.1) is 7.11 Å². The van der Waals surface area contributed by atoms with Crippen LogP contribution in [0.5, 0.6) is 0 Å². The Morgan fingerprint density at radius 2 is 2.17 bits per heavy atom. The van der Waals surface area contributed by atoms with Gasteiger partial charge < -0.3 is 10.1 Å². The molecule has 96 valence electrons. The number of hydrogen-bond donors (Lipinski definition) is 1. The van der Waals surface area contributed by atoms with Crippen molar-refractivity contribution in [1.82, 2.24) is 4.90 Å². The summed E-state index contributed by atoms with van der Waals surface area (Å²) in [6.07, 6.45) is 0.645. The molecule has 2 rings (SSSR count). The Balaban J connectivity index is 1.99. The zero-order chi connectivity index (χ0) is 13.0. The first kappa shape index (κ1) is 12.8. The summed E-state index contributed by atoms with van der Waals surface area (Å²) in [6.45, 7) is 2.24. The van der Waals surface area contributed by atoms with Gasteiger partial charge in [-0.15, -0.1) is 0 Å². The van der Waals surface area contributed by atoms with Gasteiger partial charge in [0.15, 0.2) is 0 Å². The van der Waals surface area contributed by atoms with E-state index in [-0.39, 0.29) is 5.97 Å². The van der Waals surface area contributed by atoms with Crippen molar-refractivity contribution in [2.24, 2.45) is 5.92 Å². The predicted octanol–water partition coefficient (Wildman–Crippen LogP) is 1.70. The maximum Gasteiger partial charge on any atom is 0.315 e. The number of nitrogens with zero attached hydrogens (tertiary/aromatic N) is 1. The summed E-state index contributed by atoms with van der Waals surface area (Å²) in [6, 6.07) is 10.2. The fourth-order valence-corrected chi connectivity index (χ4v) is 2.26. The number of carbonyl (C=O) groups is 1. The first-order chi connectivity index (χ1) is 8.70. The highest BCUT2D eigenvalue weighted by atomic mass is 16.5. The quantitative estimate of drug-likeness (QED) is 0.826. The molecule has 0 aliphatic carbocycles. The Morgan fingerprint density at radius 1 is 1.44 bits per heavy atom. The molecule has 0 bridgehead atoms. The number of ether oxygens (including phenoxy) is 1. The van der Waals surface area contributed by atoms with E-state index in [4.69, 9.17) is 10.1 Å². The number of piperidine rings is 1. The van der Waals surface area contributed by atoms with Gasteiger partial charge in [0, 0.05) is 25.3 Å². The molecule has 0 amide bonds. The molecule has 18 heavy (non-hydrogen) atoms. The van der Waals surface area contributed by atoms with Crippen molar-refractivity contribution in [3.8, 4) is 0 Å². The predicted molar refractivity (Wildman–Crippen MR) is 69.6 cm³/mol. The van der Waals surface area contributed by atoms with Gasteiger partial charge >= 0.3 is 5.97 Å². The molecule has 1 aromatic carbocycles. The molecule has 0 radical (unpaired) electrons. The van der Waals surface area contributed by atoms with E-state index in [0.717, 1.165) is 13.1 Å². The second kappa shape index (κ2) is 5.78. The Hall–Kier alpha value is -1.68. The number of esters is 1. The van der Waals surface area contributed by atoms with Crippen LogP contribution in [0.3, 0.4) is 0 Å². The van der Waals surface area contributed by atoms with Gasteiger partial charge in [0.25, 0.3) is 0 Å². The lowest BCUT2D eigenvalue weighted by Crippen LogP contribution is -2.43. The van der Waals surface area contributed by atoms with Gasteiger partial charge in [0.2, 0.25) is 0 Å². The maximum absolute atomic E-state index is 11.6. The van der Waals surface area contributed by atoms with E-state index in [1.165, 1.54) is 12.7 Å². The number of methoxy groups -OCH3 is 1. The van der Waals surface area contributed by atoms with Crippen LogP contribution < -0.4 is 0 Å². The molecule has 0 saturated carbocycles. The summed E-state index contributed by atoms with van der Waals surface area (Å²) in [4.78, 5) is 13.8. The van der Waals surface area contributed by atoms with Crippen LogP contribution in [-0.2, 0) is 16.1 Å². The van der Waals surface area contributed by atoms with Crippen LogP contribution in [-0.4, -0.2) is 36.8 Å². The van der Waals surface area contributed by atoms with Crippen molar-refractivity contribution in [3.05, 3.63) is 35.9 Å². The Kier molecular flexibility index (Phi) is 4.10. The lowest BCUT2D eigenvalue weighted by atomic mass is 9.95. The SMILES string of the molecule is COC(=O)C1CN(Cc2ccccc2)CCC1=N. The lowest BCUT2D eigenvalue weighted by Gasteiger charge is -2.31. The van der Waals surface area contributed by atoms with E-state index in [9.17, 15) is 4.79 Å². The monoisotopic (exact) mass is 246 g/mol. The van der Waals surface area contributed by atoms with Crippen molar-refractivity contribution >= 4 is 11.7 Å². The second-order valence-electron chi connectivity index (χ2n) is 4.57. The largest absolute Gasteiger partial charge is 0.468 e. The molecule has 0 aromatic heterocycles. The Bertz CT molecular complexity index is 423. The molecule has 1 aromatic rings. The molecule has 1 unspecified atom stereocenters. The zero-order valence-corrected chi connectivity index (χ0v) is 10.6. The van der Waals surface area contributed by atoms with Gasteiger partial charge in [-0.05, 0) is 12.0 Å². The fourth-order valence-electron chi connectivity index (χ4n) is 2.26. The summed E-state index contributed by atoms with van der Waals surface area (Å²) in [5.74, 6) is -0.690. The molecular formula is C14H18N2O2. The highest BCUT2D eigenvalue weighted by Crippen LogP contribution is 2.17. The maximum atomic E-state index is 11.6. The first-order valence-corrected chi connectivity index (χ1v) is 6.12. The van der Waals surface area contributed by atoms with Crippen LogP contribution in [0.2, 0.25) is 0 Å². The van der Waals surface area contributed by atoms with Crippen LogP contribution in [0.25, 0.3) is 0 Å². The fraction of sp³-hybridized carbons (Fsp3) is 0.429. The molecule has 1 heterocycles. The third kappa shape index (κ3) is 2.96. The van der Waals surface area contributed by atoms with E-state index in [1.807, 2.05) is 18.2 Å². The summed E-state index contributed by atoms with van der Waals surface area (Å²) in [5, 5.41) is 7.82. The van der Waals surface area contributed by atoms with E-state index < -0.39 is 5.92 Å². The second-order valence-corrected chi connectivity index (χ2v) is 4.57. The Morgan fingerprint density at radius 3 is 2.83 bits per heavy atom. The number of rotatable bonds is 3. The average Bonchev–Trinajstić information content (AvgIpc) is 2.41. The van der Waals surface area contributed by atoms with Gasteiger partial charge in [-0.25, -0.2) is 0 Å². The van der Waals surface area contributed by atoms with Crippen molar-refractivity contribution in [1.29, 1.82) is 5.41 Å². The minimum atomic E-state index is -0.396. The van der Waals surface area contributed by atoms with Gasteiger partial charge in [0.1, 0.15) is 5.92 Å². The number of carbonyl (C=O) groups excluding carboxylic acids is 1. The van der Waals surface area contributed by atoms with Crippen molar-refractivity contribution in [2.45, 2.75) is 13.0 Å². The number of benzene rings is 1. The summed E-state index contributed by atoms with van der Waals surface area (Å²) in [7, 11) is 1.38. The van der Waals surface area contributed by atoms with E-state index in [0.29, 0.717) is 18.7 Å². The summed E-state index contributed by atoms with van der Waals surface area (Å²) in [5.41, 5.74) is 1.72. The van der Waals surface area contributed by atoms with Gasteiger partial charge in [-0.2, -0.15) is 0 Å². The first-order valence-electron chi connectivity index (χ1n) is 6.12. The van der Waals surface area contributed by atoms with Crippen molar-refractivity contribution < 1.29 is 9.53 Å². The van der Waals surface area contributed by atoms with Crippen molar-refractivity contribution in [3.63, 3.8) is 0 Å². The normalized spacial score (nSPS) is 20.7. The molecule has 4 nitrogen and oxygen atoms in total. The summed E-state index contributed by atoms with van der Waals surface area (Å²) < 4.78 is 4.75. The molecule has 1 fully saturated rings. The van der Waals surface area contributed by atoms with E-state index in [1.54, 1.807) is 0 Å². The topological polar surface area (TPSA) is 53.4 Å². The molecule has 1 N–H and O–H groups in total. The molecular weight excluding hydrogens is 228 g/mol. The van der Waals surface area contributed by atoms with Gasteiger partial charge in [-0.3, -0.25) is 9.69 Å². The minimum absolute atomic E-state index is 0.294. The van der Waals surface area contributed by atoms with Crippen molar-refractivity contribution in [2.75, 3.05) is 20.2 Å². The van der Waals surface area contributed by atoms with Crippen LogP contribution in [0.1, 0.15) is 12.0 Å². The molecule has 1 atom stereocenters. The van der Waals surface area contributed by atoms with Gasteiger partial charge in [-0.1, -0.05) is 30.3 Å². The third-order valence-corrected chi connectivity index (χ3v) is 3.29. The molecule has 4 heteroatoms. The molecule has 1 saturated heterocycles. The molecule has 0 spiro atoms. The standard InChI is InChI=1S/C14H18N2O2/c1-18-14(17)12-10-16(8-7-13(12)15)9-11-5-3-2-4-6-11/h2-6,12,15H,7-10H2,1H3. The highest BCUT2D eigenvalue weighted by molar-refractivity contribution is 6.01. The summed E-state index contributed by atoms with van der Waals surface area (Å²) >= 11 is 0. The van der Waals surface area contributed by atoms with Crippen LogP contribution in [0, 0.1) is 11.3 Å². The Labute approximate surface area is 107 Å². The minimum Gasteiger partial charge on any atom is -0.468 e. The molecule has 1 aliphatic rings. The highest BCUT2D eigenvalue weighted by Gasteiger charge is 2.30. The zero-order valence-electron chi connectivity index (χ0n) is 10.6. The average molecular weight is 246 g/mol. The van der Waals surface area contributed by atoms with Crippen LogP contribution >= 0.6 is 0 Å². The van der Waals surface area contributed by atoms with Crippen LogP contribution in [0.4, 0.5) is 0 Å². The van der Waals surface area contributed by atoms with Crippen LogP contribution in [0.15, 0.2) is 30.3 Å². The third-order valence-electron chi connectivity index (χ3n) is 3.29. The number of likely N-dealkylation sites (tertiary alicyclic amines) is 1.